The van der Waals surface area contributed by atoms with Crippen LogP contribution in [0.2, 0.25) is 0 Å². The molecule has 3 aliphatic carbocycles. The Morgan fingerprint density at radius 3 is 2.22 bits per heavy atom. The van der Waals surface area contributed by atoms with Crippen molar-refractivity contribution in [2.24, 2.45) is 23.2 Å². The van der Waals surface area contributed by atoms with E-state index in [9.17, 15) is 14.4 Å². The Hall–Kier alpha value is -3.43. The molecule has 266 valence electrons. The summed E-state index contributed by atoms with van der Waals surface area (Å²) in [5.41, 5.74) is 2.45. The Morgan fingerprint density at radius 1 is 0.959 bits per heavy atom. The number of hydrogen-bond acceptors (Lipinski definition) is 9. The van der Waals surface area contributed by atoms with Gasteiger partial charge in [-0.3, -0.25) is 14.4 Å². The molecule has 2 bridgehead atoms. The highest BCUT2D eigenvalue weighted by Crippen LogP contribution is 2.63. The lowest BCUT2D eigenvalue weighted by molar-refractivity contribution is -0.171. The van der Waals surface area contributed by atoms with E-state index in [1.54, 1.807) is 14.2 Å². The molecule has 2 aromatic carbocycles. The highest BCUT2D eigenvalue weighted by Gasteiger charge is 2.75. The van der Waals surface area contributed by atoms with Crippen LogP contribution in [0.4, 0.5) is 0 Å². The first-order chi connectivity index (χ1) is 23.6. The van der Waals surface area contributed by atoms with Gasteiger partial charge in [0.05, 0.1) is 18.1 Å². The Kier molecular flexibility index (Phi) is 10.7. The third kappa shape index (κ3) is 6.61. The van der Waals surface area contributed by atoms with E-state index in [-0.39, 0.29) is 43.0 Å². The predicted octanol–water partition coefficient (Wildman–Crippen LogP) is 7.72. The second-order valence-electron chi connectivity index (χ2n) is 14.6. The first kappa shape index (κ1) is 35.4. The van der Waals surface area contributed by atoms with Crippen molar-refractivity contribution in [2.75, 3.05) is 20.8 Å². The maximum Gasteiger partial charge on any atom is 0.324 e. The molecular weight excluding hydrogens is 624 g/mol. The Bertz CT molecular complexity index is 1470. The number of fused-ring (bicyclic) bond motifs is 1. The Labute approximate surface area is 290 Å². The third-order valence-electron chi connectivity index (χ3n) is 11.8. The van der Waals surface area contributed by atoms with Gasteiger partial charge >= 0.3 is 17.9 Å². The molecule has 6 rings (SSSR count). The van der Waals surface area contributed by atoms with Crippen LogP contribution in [0.5, 0.6) is 5.75 Å². The molecule has 49 heavy (non-hydrogen) atoms. The lowest BCUT2D eigenvalue weighted by Gasteiger charge is -2.32. The molecule has 0 radical (unpaired) electrons. The van der Waals surface area contributed by atoms with Gasteiger partial charge < -0.3 is 28.4 Å². The van der Waals surface area contributed by atoms with Crippen molar-refractivity contribution in [3.8, 4) is 5.75 Å². The largest absolute Gasteiger partial charge is 0.489 e. The molecule has 0 aromatic heterocycles. The van der Waals surface area contributed by atoms with Crippen molar-refractivity contribution in [3.05, 3.63) is 64.7 Å². The van der Waals surface area contributed by atoms with Gasteiger partial charge in [0.1, 0.15) is 24.6 Å². The van der Waals surface area contributed by atoms with Gasteiger partial charge in [0.2, 0.25) is 0 Å². The first-order valence-electron chi connectivity index (χ1n) is 18.2. The van der Waals surface area contributed by atoms with E-state index in [0.717, 1.165) is 29.5 Å². The normalized spacial score (nSPS) is 28.4. The predicted molar refractivity (Wildman–Crippen MR) is 182 cm³/mol. The standard InChI is InChI=1S/C40H52O9/c1-7-23(2)37(41)48-34-29-20-32-36(34)49-39(43)40(32,21-29)38(42)47-33(27-16-12-9-13-17-27)22-46-35-30(24(3)44-5)18-28(19-31(35)25(4)45-6)26-14-10-8-11-15-26/h9,12-13,16-19,23-26,29,32-34,36H,7-8,10-11,14-15,20-22H2,1-6H3. The summed E-state index contributed by atoms with van der Waals surface area (Å²) in [7, 11) is 3.38. The van der Waals surface area contributed by atoms with Crippen LogP contribution in [-0.2, 0) is 38.1 Å². The summed E-state index contributed by atoms with van der Waals surface area (Å²) in [4.78, 5) is 40.4. The van der Waals surface area contributed by atoms with Crippen molar-refractivity contribution in [3.63, 3.8) is 0 Å². The van der Waals surface area contributed by atoms with Crippen LogP contribution in [0.25, 0.3) is 0 Å². The summed E-state index contributed by atoms with van der Waals surface area (Å²) in [5, 5.41) is 0. The molecule has 1 saturated heterocycles. The summed E-state index contributed by atoms with van der Waals surface area (Å²) >= 11 is 0. The van der Waals surface area contributed by atoms with E-state index in [0.29, 0.717) is 24.5 Å². The summed E-state index contributed by atoms with van der Waals surface area (Å²) in [6.07, 6.45) is 5.00. The van der Waals surface area contributed by atoms with Gasteiger partial charge in [-0.2, -0.15) is 0 Å². The minimum Gasteiger partial charge on any atom is -0.489 e. The number of hydrogen-bond donors (Lipinski definition) is 0. The van der Waals surface area contributed by atoms with Crippen LogP contribution >= 0.6 is 0 Å². The number of ether oxygens (including phenoxy) is 6. The van der Waals surface area contributed by atoms with Crippen molar-refractivity contribution in [1.82, 2.24) is 0 Å². The molecular formula is C40H52O9. The molecule has 0 N–H and O–H groups in total. The fourth-order valence-electron chi connectivity index (χ4n) is 8.50. The lowest BCUT2D eigenvalue weighted by Crippen LogP contribution is -2.46. The van der Waals surface area contributed by atoms with E-state index < -0.39 is 41.6 Å². The van der Waals surface area contributed by atoms with Crippen molar-refractivity contribution in [2.45, 2.75) is 115 Å². The van der Waals surface area contributed by atoms with Gasteiger partial charge in [-0.15, -0.1) is 0 Å². The number of rotatable bonds is 14. The van der Waals surface area contributed by atoms with Crippen LogP contribution in [0.15, 0.2) is 42.5 Å². The molecule has 1 aliphatic heterocycles. The maximum atomic E-state index is 14.2. The van der Waals surface area contributed by atoms with Gasteiger partial charge in [0.25, 0.3) is 0 Å². The fraction of sp³-hybridized carbons (Fsp3) is 0.625. The van der Waals surface area contributed by atoms with Gasteiger partial charge in [-0.25, -0.2) is 0 Å². The molecule has 1 heterocycles. The molecule has 0 spiro atoms. The molecule has 9 heteroatoms. The first-order valence-corrected chi connectivity index (χ1v) is 18.2. The van der Waals surface area contributed by atoms with E-state index >= 15 is 0 Å². The second kappa shape index (κ2) is 14.8. The van der Waals surface area contributed by atoms with Crippen LogP contribution in [0.1, 0.15) is 126 Å². The summed E-state index contributed by atoms with van der Waals surface area (Å²) in [6, 6.07) is 13.9. The average Bonchev–Trinajstić information content (AvgIpc) is 3.75. The molecule has 9 atom stereocenters. The number of methoxy groups -OCH3 is 2. The molecule has 4 aliphatic rings. The second-order valence-corrected chi connectivity index (χ2v) is 14.6. The summed E-state index contributed by atoms with van der Waals surface area (Å²) < 4.78 is 36.3. The fourth-order valence-corrected chi connectivity index (χ4v) is 8.50. The van der Waals surface area contributed by atoms with E-state index in [4.69, 9.17) is 28.4 Å². The SMILES string of the molecule is CCC(C)C(=O)OC1C2CC3C1OC(=O)C3(C(=O)OC(COc1c(C(C)OC)cc(C3CCCCC3)cc1C(C)OC)c1ccccc1)C2. The van der Waals surface area contributed by atoms with E-state index in [2.05, 4.69) is 12.1 Å². The molecule has 0 amide bonds. The van der Waals surface area contributed by atoms with Gasteiger partial charge in [0, 0.05) is 37.2 Å². The number of carbonyl (C=O) groups excluding carboxylic acids is 3. The smallest absolute Gasteiger partial charge is 0.324 e. The summed E-state index contributed by atoms with van der Waals surface area (Å²) in [5.74, 6) is -1.16. The Balaban J connectivity index is 1.27. The minimum atomic E-state index is -1.42. The van der Waals surface area contributed by atoms with Gasteiger partial charge in [-0.05, 0) is 75.1 Å². The van der Waals surface area contributed by atoms with Crippen molar-refractivity contribution >= 4 is 17.9 Å². The van der Waals surface area contributed by atoms with Crippen LogP contribution in [-0.4, -0.2) is 50.9 Å². The van der Waals surface area contributed by atoms with Crippen LogP contribution in [0, 0.1) is 23.2 Å². The Morgan fingerprint density at radius 2 is 1.61 bits per heavy atom. The number of esters is 3. The lowest BCUT2D eigenvalue weighted by atomic mass is 9.73. The molecule has 9 nitrogen and oxygen atoms in total. The van der Waals surface area contributed by atoms with E-state index in [1.807, 2.05) is 58.0 Å². The van der Waals surface area contributed by atoms with Crippen LogP contribution < -0.4 is 4.74 Å². The quantitative estimate of drug-likeness (QED) is 0.113. The molecule has 3 saturated carbocycles. The number of carbonyl (C=O) groups is 3. The summed E-state index contributed by atoms with van der Waals surface area (Å²) in [6.45, 7) is 7.79. The van der Waals surface area contributed by atoms with Gasteiger partial charge in [-0.1, -0.05) is 63.4 Å². The molecule has 2 aromatic rings. The maximum absolute atomic E-state index is 14.2. The molecule has 4 fully saturated rings. The average molecular weight is 677 g/mol. The van der Waals surface area contributed by atoms with Gasteiger partial charge in [0.15, 0.2) is 11.5 Å². The monoisotopic (exact) mass is 676 g/mol. The zero-order valence-electron chi connectivity index (χ0n) is 29.8. The topological polar surface area (TPSA) is 107 Å². The van der Waals surface area contributed by atoms with E-state index in [1.165, 1.54) is 24.8 Å². The highest BCUT2D eigenvalue weighted by atomic mass is 16.6. The third-order valence-corrected chi connectivity index (χ3v) is 11.8. The molecule has 9 unspecified atom stereocenters. The van der Waals surface area contributed by atoms with Crippen molar-refractivity contribution in [1.29, 1.82) is 0 Å². The number of benzene rings is 2. The zero-order chi connectivity index (χ0) is 34.9. The van der Waals surface area contributed by atoms with Crippen LogP contribution in [0.3, 0.4) is 0 Å². The minimum absolute atomic E-state index is 0.0171. The zero-order valence-corrected chi connectivity index (χ0v) is 29.8. The van der Waals surface area contributed by atoms with Crippen molar-refractivity contribution < 1.29 is 42.8 Å². The highest BCUT2D eigenvalue weighted by molar-refractivity contribution is 6.03.